The number of ether oxygens (including phenoxy) is 1. The number of carbonyl (C=O) groups is 1. The summed E-state index contributed by atoms with van der Waals surface area (Å²) in [6.07, 6.45) is 1.75. The van der Waals surface area contributed by atoms with Gasteiger partial charge in [-0.25, -0.2) is 9.67 Å². The number of methoxy groups -OCH3 is 1. The van der Waals surface area contributed by atoms with Gasteiger partial charge in [-0.15, -0.1) is 0 Å². The van der Waals surface area contributed by atoms with E-state index in [1.54, 1.807) is 18.2 Å². The van der Waals surface area contributed by atoms with Crippen molar-refractivity contribution in [3.63, 3.8) is 0 Å². The number of aromatic nitrogens is 3. The Hall–Kier alpha value is -3.67. The maximum atomic E-state index is 13.6. The molecule has 0 spiro atoms. The molecular weight excluding hydrogens is 400 g/mol. The Morgan fingerprint density at radius 3 is 2.62 bits per heavy atom. The smallest absolute Gasteiger partial charge is 0.254 e. The van der Waals surface area contributed by atoms with Crippen molar-refractivity contribution >= 4 is 16.9 Å². The first-order valence-corrected chi connectivity index (χ1v) is 10.7. The number of hydrogen-bond donors (Lipinski definition) is 0. The molecule has 6 heteroatoms. The van der Waals surface area contributed by atoms with Gasteiger partial charge < -0.3 is 9.64 Å². The highest BCUT2D eigenvalue weighted by Crippen LogP contribution is 2.29. The molecule has 0 aliphatic carbocycles. The minimum absolute atomic E-state index is 0.0710. The summed E-state index contributed by atoms with van der Waals surface area (Å²) < 4.78 is 7.19. The topological polar surface area (TPSA) is 60.2 Å². The highest BCUT2D eigenvalue weighted by molar-refractivity contribution is 6.06. The number of fused-ring (bicyclic) bond motifs is 1. The second kappa shape index (κ2) is 8.83. The molecule has 2 heterocycles. The van der Waals surface area contributed by atoms with Crippen LogP contribution in [0.15, 0.2) is 60.8 Å². The first-order chi connectivity index (χ1) is 15.4. The van der Waals surface area contributed by atoms with Crippen LogP contribution >= 0.6 is 0 Å². The molecule has 0 saturated carbocycles. The van der Waals surface area contributed by atoms with Gasteiger partial charge in [-0.2, -0.15) is 5.10 Å². The van der Waals surface area contributed by atoms with E-state index in [0.29, 0.717) is 12.1 Å². The Labute approximate surface area is 188 Å². The largest absolute Gasteiger partial charge is 0.497 e. The minimum Gasteiger partial charge on any atom is -0.497 e. The van der Waals surface area contributed by atoms with Gasteiger partial charge in [-0.3, -0.25) is 4.79 Å². The summed E-state index contributed by atoms with van der Waals surface area (Å²) in [5, 5.41) is 5.29. The summed E-state index contributed by atoms with van der Waals surface area (Å²) >= 11 is 0. The van der Waals surface area contributed by atoms with E-state index < -0.39 is 0 Å². The molecule has 4 rings (SSSR count). The molecule has 0 aliphatic rings. The van der Waals surface area contributed by atoms with E-state index in [4.69, 9.17) is 9.72 Å². The van der Waals surface area contributed by atoms with Crippen molar-refractivity contribution in [1.29, 1.82) is 0 Å². The quantitative estimate of drug-likeness (QED) is 0.420. The van der Waals surface area contributed by atoms with Gasteiger partial charge >= 0.3 is 0 Å². The first kappa shape index (κ1) is 21.6. The van der Waals surface area contributed by atoms with Crippen LogP contribution in [0, 0.1) is 6.92 Å². The summed E-state index contributed by atoms with van der Waals surface area (Å²) in [6, 6.07) is 17.9. The van der Waals surface area contributed by atoms with Crippen molar-refractivity contribution in [3.8, 4) is 17.0 Å². The van der Waals surface area contributed by atoms with Gasteiger partial charge in [-0.05, 0) is 50.1 Å². The number of pyridine rings is 1. The number of carbonyl (C=O) groups excluding carboxylic acids is 1. The average molecular weight is 429 g/mol. The Kier molecular flexibility index (Phi) is 5.95. The van der Waals surface area contributed by atoms with E-state index in [1.165, 1.54) is 0 Å². The fourth-order valence-corrected chi connectivity index (χ4v) is 3.89. The summed E-state index contributed by atoms with van der Waals surface area (Å²) in [4.78, 5) is 20.2. The molecule has 4 aromatic rings. The van der Waals surface area contributed by atoms with Gasteiger partial charge in [0.1, 0.15) is 5.75 Å². The van der Waals surface area contributed by atoms with E-state index in [1.807, 2.05) is 60.3 Å². The van der Waals surface area contributed by atoms with Gasteiger partial charge in [0.2, 0.25) is 0 Å². The molecule has 0 fully saturated rings. The van der Waals surface area contributed by atoms with E-state index >= 15 is 0 Å². The third kappa shape index (κ3) is 4.08. The van der Waals surface area contributed by atoms with Gasteiger partial charge in [0, 0.05) is 25.2 Å². The summed E-state index contributed by atoms with van der Waals surface area (Å²) in [5.41, 5.74) is 5.22. The van der Waals surface area contributed by atoms with E-state index in [2.05, 4.69) is 31.9 Å². The molecule has 6 nitrogen and oxygen atoms in total. The molecule has 0 unspecified atom stereocenters. The van der Waals surface area contributed by atoms with Crippen LogP contribution in [0.4, 0.5) is 0 Å². The number of rotatable bonds is 6. The lowest BCUT2D eigenvalue weighted by Gasteiger charge is -2.19. The van der Waals surface area contributed by atoms with Crippen molar-refractivity contribution in [2.75, 3.05) is 14.2 Å². The van der Waals surface area contributed by atoms with Crippen LogP contribution in [-0.4, -0.2) is 39.7 Å². The van der Waals surface area contributed by atoms with E-state index in [9.17, 15) is 4.79 Å². The zero-order valence-corrected chi connectivity index (χ0v) is 19.2. The molecule has 0 aliphatic heterocycles. The molecule has 0 bridgehead atoms. The fourth-order valence-electron chi connectivity index (χ4n) is 3.89. The summed E-state index contributed by atoms with van der Waals surface area (Å²) in [7, 11) is 3.45. The Morgan fingerprint density at radius 2 is 1.91 bits per heavy atom. The minimum atomic E-state index is -0.0710. The predicted molar refractivity (Wildman–Crippen MR) is 127 cm³/mol. The highest BCUT2D eigenvalue weighted by Gasteiger charge is 2.21. The van der Waals surface area contributed by atoms with Crippen LogP contribution < -0.4 is 4.74 Å². The van der Waals surface area contributed by atoms with Gasteiger partial charge in [0.05, 0.1) is 30.0 Å². The summed E-state index contributed by atoms with van der Waals surface area (Å²) in [5.74, 6) is 0.702. The van der Waals surface area contributed by atoms with E-state index in [-0.39, 0.29) is 11.9 Å². The molecule has 0 atom stereocenters. The van der Waals surface area contributed by atoms with Gasteiger partial charge in [0.15, 0.2) is 5.65 Å². The van der Waals surface area contributed by atoms with Crippen molar-refractivity contribution in [3.05, 3.63) is 77.5 Å². The van der Waals surface area contributed by atoms with Crippen LogP contribution in [0.5, 0.6) is 5.75 Å². The predicted octanol–water partition coefficient (Wildman–Crippen LogP) is 5.27. The molecule has 164 valence electrons. The van der Waals surface area contributed by atoms with Crippen molar-refractivity contribution in [2.45, 2.75) is 33.4 Å². The van der Waals surface area contributed by atoms with Crippen molar-refractivity contribution in [2.24, 2.45) is 0 Å². The standard InChI is InChI=1S/C26H28N4O2/c1-17(2)30-25-23(15-27-30)22(14-24(28-25)21-12-7-6-9-18(21)3)26(31)29(4)16-19-10-8-11-20(13-19)32-5/h6-15,17H,16H2,1-5H3. The van der Waals surface area contributed by atoms with Crippen molar-refractivity contribution in [1.82, 2.24) is 19.7 Å². The number of amides is 1. The number of hydrogen-bond acceptors (Lipinski definition) is 4. The molecule has 32 heavy (non-hydrogen) atoms. The average Bonchev–Trinajstić information content (AvgIpc) is 3.22. The fraction of sp³-hybridized carbons (Fsp3) is 0.269. The molecule has 2 aromatic carbocycles. The molecule has 1 amide bonds. The molecule has 0 radical (unpaired) electrons. The number of aryl methyl sites for hydroxylation is 1. The zero-order valence-electron chi connectivity index (χ0n) is 19.2. The second-order valence-corrected chi connectivity index (χ2v) is 8.30. The Bertz CT molecular complexity index is 1280. The van der Waals surface area contributed by atoms with E-state index in [0.717, 1.165) is 39.2 Å². The Balaban J connectivity index is 1.79. The normalized spacial score (nSPS) is 11.2. The number of nitrogens with zero attached hydrogens (tertiary/aromatic N) is 4. The highest BCUT2D eigenvalue weighted by atomic mass is 16.5. The SMILES string of the molecule is COc1cccc(CN(C)C(=O)c2cc(-c3ccccc3C)nc3c2cnn3C(C)C)c1. The van der Waals surface area contributed by atoms with Crippen LogP contribution in [-0.2, 0) is 6.54 Å². The van der Waals surface area contributed by atoms with Crippen LogP contribution in [0.2, 0.25) is 0 Å². The lowest BCUT2D eigenvalue weighted by molar-refractivity contribution is 0.0787. The third-order valence-electron chi connectivity index (χ3n) is 5.61. The lowest BCUT2D eigenvalue weighted by Crippen LogP contribution is -2.26. The summed E-state index contributed by atoms with van der Waals surface area (Å²) in [6.45, 7) is 6.64. The molecular formula is C26H28N4O2. The third-order valence-corrected chi connectivity index (χ3v) is 5.61. The van der Waals surface area contributed by atoms with Crippen LogP contribution in [0.25, 0.3) is 22.3 Å². The maximum absolute atomic E-state index is 13.6. The lowest BCUT2D eigenvalue weighted by atomic mass is 10.0. The van der Waals surface area contributed by atoms with Crippen LogP contribution in [0.3, 0.4) is 0 Å². The monoisotopic (exact) mass is 428 g/mol. The first-order valence-electron chi connectivity index (χ1n) is 10.7. The number of benzene rings is 2. The Morgan fingerprint density at radius 1 is 1.12 bits per heavy atom. The second-order valence-electron chi connectivity index (χ2n) is 8.30. The van der Waals surface area contributed by atoms with Gasteiger partial charge in [0.25, 0.3) is 5.91 Å². The van der Waals surface area contributed by atoms with Crippen LogP contribution in [0.1, 0.15) is 41.4 Å². The van der Waals surface area contributed by atoms with Gasteiger partial charge in [-0.1, -0.05) is 36.4 Å². The molecule has 0 saturated heterocycles. The van der Waals surface area contributed by atoms with Crippen molar-refractivity contribution < 1.29 is 9.53 Å². The molecule has 2 aromatic heterocycles. The zero-order chi connectivity index (χ0) is 22.8. The molecule has 0 N–H and O–H groups in total. The maximum Gasteiger partial charge on any atom is 0.254 e.